The Morgan fingerprint density at radius 3 is 2.28 bits per heavy atom. The number of carbonyl (C=O) groups excluding carboxylic acids is 1. The SMILES string of the molecule is COc1ccc(C(=O)c2ccc(F)cc2)c(F)c1. The van der Waals surface area contributed by atoms with E-state index in [1.54, 1.807) is 0 Å². The number of halogens is 2. The molecular weight excluding hydrogens is 238 g/mol. The summed E-state index contributed by atoms with van der Waals surface area (Å²) in [6, 6.07) is 8.95. The van der Waals surface area contributed by atoms with Crippen LogP contribution in [0.2, 0.25) is 0 Å². The van der Waals surface area contributed by atoms with Crippen molar-refractivity contribution in [2.24, 2.45) is 0 Å². The van der Waals surface area contributed by atoms with Crippen LogP contribution in [-0.4, -0.2) is 12.9 Å². The summed E-state index contributed by atoms with van der Waals surface area (Å²) in [7, 11) is 1.41. The molecule has 2 aromatic carbocycles. The smallest absolute Gasteiger partial charge is 0.195 e. The molecule has 0 radical (unpaired) electrons. The number of rotatable bonds is 3. The van der Waals surface area contributed by atoms with Crippen molar-refractivity contribution < 1.29 is 18.3 Å². The first-order chi connectivity index (χ1) is 8.61. The third kappa shape index (κ3) is 2.37. The Hall–Kier alpha value is -2.23. The lowest BCUT2D eigenvalue weighted by Crippen LogP contribution is -2.04. The number of carbonyl (C=O) groups is 1. The summed E-state index contributed by atoms with van der Waals surface area (Å²) in [5, 5.41) is 0. The van der Waals surface area contributed by atoms with E-state index >= 15 is 0 Å². The first kappa shape index (κ1) is 12.2. The minimum Gasteiger partial charge on any atom is -0.497 e. The van der Waals surface area contributed by atoms with Gasteiger partial charge in [0.1, 0.15) is 17.4 Å². The Bertz CT molecular complexity index is 577. The second-order valence-corrected chi connectivity index (χ2v) is 3.68. The fourth-order valence-electron chi connectivity index (χ4n) is 1.56. The van der Waals surface area contributed by atoms with Gasteiger partial charge in [0.15, 0.2) is 5.78 Å². The lowest BCUT2D eigenvalue weighted by Gasteiger charge is -2.05. The second-order valence-electron chi connectivity index (χ2n) is 3.68. The van der Waals surface area contributed by atoms with Crippen LogP contribution in [0.3, 0.4) is 0 Å². The largest absolute Gasteiger partial charge is 0.497 e. The van der Waals surface area contributed by atoms with E-state index in [2.05, 4.69) is 0 Å². The molecule has 4 heteroatoms. The molecule has 0 saturated carbocycles. The molecule has 2 aromatic rings. The number of benzene rings is 2. The highest BCUT2D eigenvalue weighted by atomic mass is 19.1. The molecule has 2 rings (SSSR count). The van der Waals surface area contributed by atoms with Gasteiger partial charge in [-0.3, -0.25) is 4.79 Å². The van der Waals surface area contributed by atoms with Gasteiger partial charge in [-0.25, -0.2) is 8.78 Å². The normalized spacial score (nSPS) is 10.2. The Balaban J connectivity index is 2.37. The molecule has 0 aliphatic carbocycles. The zero-order valence-electron chi connectivity index (χ0n) is 9.61. The Labute approximate surface area is 103 Å². The molecule has 18 heavy (non-hydrogen) atoms. The summed E-state index contributed by atoms with van der Waals surface area (Å²) in [6.45, 7) is 0. The molecule has 0 fully saturated rings. The third-order valence-corrected chi connectivity index (χ3v) is 2.53. The molecule has 0 spiro atoms. The van der Waals surface area contributed by atoms with Crippen LogP contribution >= 0.6 is 0 Å². The van der Waals surface area contributed by atoms with Gasteiger partial charge in [-0.1, -0.05) is 0 Å². The predicted molar refractivity (Wildman–Crippen MR) is 62.8 cm³/mol. The van der Waals surface area contributed by atoms with Gasteiger partial charge in [0.2, 0.25) is 0 Å². The summed E-state index contributed by atoms with van der Waals surface area (Å²) < 4.78 is 31.3. The van der Waals surface area contributed by atoms with Crippen molar-refractivity contribution in [3.63, 3.8) is 0 Å². The molecule has 0 aromatic heterocycles. The highest BCUT2D eigenvalue weighted by molar-refractivity contribution is 6.09. The van der Waals surface area contributed by atoms with Crippen molar-refractivity contribution in [3.8, 4) is 5.75 Å². The number of ether oxygens (including phenoxy) is 1. The molecule has 2 nitrogen and oxygen atoms in total. The van der Waals surface area contributed by atoms with E-state index in [1.807, 2.05) is 0 Å². The Kier molecular flexibility index (Phi) is 3.37. The fourth-order valence-corrected chi connectivity index (χ4v) is 1.56. The monoisotopic (exact) mass is 248 g/mol. The van der Waals surface area contributed by atoms with Gasteiger partial charge < -0.3 is 4.74 Å². The fraction of sp³-hybridized carbons (Fsp3) is 0.0714. The van der Waals surface area contributed by atoms with E-state index in [4.69, 9.17) is 4.74 Å². The average molecular weight is 248 g/mol. The van der Waals surface area contributed by atoms with E-state index in [1.165, 1.54) is 31.4 Å². The van der Waals surface area contributed by atoms with Crippen LogP contribution in [0.1, 0.15) is 15.9 Å². The van der Waals surface area contributed by atoms with Crippen molar-refractivity contribution in [3.05, 3.63) is 65.2 Å². The zero-order valence-corrected chi connectivity index (χ0v) is 9.61. The van der Waals surface area contributed by atoms with Crippen molar-refractivity contribution in [2.45, 2.75) is 0 Å². The molecule has 0 bridgehead atoms. The highest BCUT2D eigenvalue weighted by Gasteiger charge is 2.14. The van der Waals surface area contributed by atoms with Crippen molar-refractivity contribution in [1.29, 1.82) is 0 Å². The van der Waals surface area contributed by atoms with Crippen LogP contribution in [0.25, 0.3) is 0 Å². The molecule has 0 aliphatic rings. The third-order valence-electron chi connectivity index (χ3n) is 2.53. The van der Waals surface area contributed by atoms with E-state index in [9.17, 15) is 13.6 Å². The molecule has 0 unspecified atom stereocenters. The first-order valence-corrected chi connectivity index (χ1v) is 5.25. The van der Waals surface area contributed by atoms with E-state index in [-0.39, 0.29) is 11.1 Å². The number of hydrogen-bond donors (Lipinski definition) is 0. The molecule has 0 aliphatic heterocycles. The maximum Gasteiger partial charge on any atom is 0.195 e. The topological polar surface area (TPSA) is 26.3 Å². The van der Waals surface area contributed by atoms with Crippen molar-refractivity contribution >= 4 is 5.78 Å². The van der Waals surface area contributed by atoms with Crippen LogP contribution in [0, 0.1) is 11.6 Å². The minimum atomic E-state index is -0.663. The maximum absolute atomic E-state index is 13.7. The van der Waals surface area contributed by atoms with Crippen LogP contribution in [-0.2, 0) is 0 Å². The molecule has 0 heterocycles. The van der Waals surface area contributed by atoms with E-state index in [0.29, 0.717) is 5.75 Å². The predicted octanol–water partition coefficient (Wildman–Crippen LogP) is 3.20. The van der Waals surface area contributed by atoms with E-state index in [0.717, 1.165) is 18.2 Å². The van der Waals surface area contributed by atoms with Crippen molar-refractivity contribution in [1.82, 2.24) is 0 Å². The van der Waals surface area contributed by atoms with Gasteiger partial charge in [0.25, 0.3) is 0 Å². The van der Waals surface area contributed by atoms with Gasteiger partial charge in [-0.2, -0.15) is 0 Å². The quantitative estimate of drug-likeness (QED) is 0.780. The Morgan fingerprint density at radius 2 is 1.72 bits per heavy atom. The van der Waals surface area contributed by atoms with Crippen molar-refractivity contribution in [2.75, 3.05) is 7.11 Å². The average Bonchev–Trinajstić information content (AvgIpc) is 2.38. The van der Waals surface area contributed by atoms with Crippen LogP contribution in [0.5, 0.6) is 5.75 Å². The van der Waals surface area contributed by atoms with Gasteiger partial charge in [0.05, 0.1) is 12.7 Å². The lowest BCUT2D eigenvalue weighted by molar-refractivity contribution is 0.103. The van der Waals surface area contributed by atoms with Crippen LogP contribution in [0.15, 0.2) is 42.5 Å². The number of hydrogen-bond acceptors (Lipinski definition) is 2. The standard InChI is InChI=1S/C14H10F2O2/c1-18-11-6-7-12(13(16)8-11)14(17)9-2-4-10(15)5-3-9/h2-8H,1H3. The molecule has 0 atom stereocenters. The molecule has 0 amide bonds. The Morgan fingerprint density at radius 1 is 1.06 bits per heavy atom. The van der Waals surface area contributed by atoms with E-state index < -0.39 is 17.4 Å². The summed E-state index contributed by atoms with van der Waals surface area (Å²) in [6.07, 6.45) is 0. The highest BCUT2D eigenvalue weighted by Crippen LogP contribution is 2.19. The maximum atomic E-state index is 13.7. The summed E-state index contributed by atoms with van der Waals surface area (Å²) in [5.74, 6) is -1.26. The lowest BCUT2D eigenvalue weighted by atomic mass is 10.0. The summed E-state index contributed by atoms with van der Waals surface area (Å²) in [4.78, 5) is 12.0. The molecule has 92 valence electrons. The number of ketones is 1. The first-order valence-electron chi connectivity index (χ1n) is 5.25. The molecule has 0 N–H and O–H groups in total. The van der Waals surface area contributed by atoms with Crippen LogP contribution in [0.4, 0.5) is 8.78 Å². The van der Waals surface area contributed by atoms with Gasteiger partial charge >= 0.3 is 0 Å². The van der Waals surface area contributed by atoms with Crippen LogP contribution < -0.4 is 4.74 Å². The number of methoxy groups -OCH3 is 1. The summed E-state index contributed by atoms with van der Waals surface area (Å²) in [5.41, 5.74) is 0.169. The molecular formula is C14H10F2O2. The van der Waals surface area contributed by atoms with Gasteiger partial charge in [-0.15, -0.1) is 0 Å². The second kappa shape index (κ2) is 4.96. The summed E-state index contributed by atoms with van der Waals surface area (Å²) >= 11 is 0. The molecule has 0 saturated heterocycles. The van der Waals surface area contributed by atoms with Gasteiger partial charge in [0, 0.05) is 11.6 Å². The zero-order chi connectivity index (χ0) is 13.1. The minimum absolute atomic E-state index is 0.0672. The van der Waals surface area contributed by atoms with Gasteiger partial charge in [-0.05, 0) is 36.4 Å².